The number of rotatable bonds is 5. The molecule has 0 bridgehead atoms. The van der Waals surface area contributed by atoms with Crippen molar-refractivity contribution < 1.29 is 9.21 Å². The number of carbonyl (C=O) groups excluding carboxylic acids is 1. The average Bonchev–Trinajstić information content (AvgIpc) is 2.78. The second-order valence-electron chi connectivity index (χ2n) is 5.01. The molecule has 6 nitrogen and oxygen atoms in total. The van der Waals surface area contributed by atoms with Crippen molar-refractivity contribution in [3.05, 3.63) is 23.7 Å². The Labute approximate surface area is 120 Å². The van der Waals surface area contributed by atoms with Crippen molar-refractivity contribution in [1.29, 1.82) is 0 Å². The lowest BCUT2D eigenvalue weighted by Crippen LogP contribution is -2.35. The largest absolute Gasteiger partial charge is 0.459 e. The van der Waals surface area contributed by atoms with E-state index in [1.165, 1.54) is 6.26 Å². The maximum absolute atomic E-state index is 11.8. The summed E-state index contributed by atoms with van der Waals surface area (Å²) in [5, 5.41) is 2.83. The summed E-state index contributed by atoms with van der Waals surface area (Å²) in [5.74, 6) is 1.13. The summed E-state index contributed by atoms with van der Waals surface area (Å²) >= 11 is 0. The molecule has 0 aliphatic carbocycles. The summed E-state index contributed by atoms with van der Waals surface area (Å²) in [7, 11) is 7.83. The van der Waals surface area contributed by atoms with E-state index in [1.807, 2.05) is 44.9 Å². The molecule has 0 unspecified atom stereocenters. The summed E-state index contributed by atoms with van der Waals surface area (Å²) in [6.07, 6.45) is 2.31. The Morgan fingerprint density at radius 1 is 1.30 bits per heavy atom. The molecule has 0 radical (unpaired) electrons. The van der Waals surface area contributed by atoms with Crippen molar-refractivity contribution in [2.45, 2.75) is 13.3 Å². The SMILES string of the molecule is Cc1ccoc1C(=O)NCCCN=C(N(C)C)N(C)C. The van der Waals surface area contributed by atoms with Gasteiger partial charge in [0.15, 0.2) is 11.7 Å². The summed E-state index contributed by atoms with van der Waals surface area (Å²) in [6.45, 7) is 3.10. The van der Waals surface area contributed by atoms with Gasteiger partial charge in [0.2, 0.25) is 0 Å². The molecule has 1 heterocycles. The number of nitrogens with one attached hydrogen (secondary N) is 1. The first-order valence-electron chi connectivity index (χ1n) is 6.65. The van der Waals surface area contributed by atoms with Crippen molar-refractivity contribution in [1.82, 2.24) is 15.1 Å². The van der Waals surface area contributed by atoms with Crippen molar-refractivity contribution in [3.8, 4) is 0 Å². The summed E-state index contributed by atoms with van der Waals surface area (Å²) in [4.78, 5) is 20.2. The highest BCUT2D eigenvalue weighted by atomic mass is 16.3. The van der Waals surface area contributed by atoms with Crippen LogP contribution in [0.2, 0.25) is 0 Å². The lowest BCUT2D eigenvalue weighted by molar-refractivity contribution is 0.0925. The van der Waals surface area contributed by atoms with Crippen LogP contribution in [0.15, 0.2) is 21.7 Å². The minimum Gasteiger partial charge on any atom is -0.459 e. The van der Waals surface area contributed by atoms with E-state index in [4.69, 9.17) is 4.42 Å². The molecule has 20 heavy (non-hydrogen) atoms. The molecule has 0 fully saturated rings. The number of nitrogens with zero attached hydrogens (tertiary/aromatic N) is 3. The third-order valence-corrected chi connectivity index (χ3v) is 2.74. The van der Waals surface area contributed by atoms with Crippen molar-refractivity contribution >= 4 is 11.9 Å². The highest BCUT2D eigenvalue weighted by molar-refractivity contribution is 5.92. The lowest BCUT2D eigenvalue weighted by atomic mass is 10.2. The minimum atomic E-state index is -0.170. The monoisotopic (exact) mass is 280 g/mol. The van der Waals surface area contributed by atoms with Crippen LogP contribution in [0.1, 0.15) is 22.5 Å². The molecular weight excluding hydrogens is 256 g/mol. The predicted molar refractivity (Wildman–Crippen MR) is 80.1 cm³/mol. The molecule has 1 aromatic rings. The Kier molecular flexibility index (Phi) is 6.09. The molecule has 0 atom stereocenters. The highest BCUT2D eigenvalue weighted by Gasteiger charge is 2.11. The smallest absolute Gasteiger partial charge is 0.287 e. The number of furan rings is 1. The quantitative estimate of drug-likeness (QED) is 0.500. The fraction of sp³-hybridized carbons (Fsp3) is 0.571. The Morgan fingerprint density at radius 2 is 1.95 bits per heavy atom. The van der Waals surface area contributed by atoms with Crippen molar-refractivity contribution in [2.24, 2.45) is 4.99 Å². The van der Waals surface area contributed by atoms with Gasteiger partial charge in [0.05, 0.1) is 6.26 Å². The normalized spacial score (nSPS) is 10.1. The number of hydrogen-bond acceptors (Lipinski definition) is 3. The Hall–Kier alpha value is -1.98. The van der Waals surface area contributed by atoms with Gasteiger partial charge in [-0.2, -0.15) is 0 Å². The average molecular weight is 280 g/mol. The van der Waals surface area contributed by atoms with Gasteiger partial charge in [0.25, 0.3) is 5.91 Å². The molecule has 0 aliphatic heterocycles. The zero-order chi connectivity index (χ0) is 15.1. The molecule has 6 heteroatoms. The van der Waals surface area contributed by atoms with Gasteiger partial charge in [-0.3, -0.25) is 9.79 Å². The number of aryl methyl sites for hydroxylation is 1. The van der Waals surface area contributed by atoms with Crippen molar-refractivity contribution in [2.75, 3.05) is 41.3 Å². The van der Waals surface area contributed by atoms with Gasteiger partial charge in [-0.1, -0.05) is 0 Å². The molecule has 112 valence electrons. The van der Waals surface area contributed by atoms with Crippen LogP contribution in [0.25, 0.3) is 0 Å². The van der Waals surface area contributed by atoms with Crippen LogP contribution in [0.3, 0.4) is 0 Å². The number of amides is 1. The van der Waals surface area contributed by atoms with E-state index < -0.39 is 0 Å². The number of guanidine groups is 1. The molecule has 0 saturated heterocycles. The molecule has 1 aromatic heterocycles. The topological polar surface area (TPSA) is 61.1 Å². The van der Waals surface area contributed by atoms with Crippen LogP contribution in [0.5, 0.6) is 0 Å². The molecule has 0 aliphatic rings. The second kappa shape index (κ2) is 7.57. The Balaban J connectivity index is 2.34. The predicted octanol–water partition coefficient (Wildman–Crippen LogP) is 1.19. The van der Waals surface area contributed by atoms with Gasteiger partial charge >= 0.3 is 0 Å². The first-order valence-corrected chi connectivity index (χ1v) is 6.65. The van der Waals surface area contributed by atoms with E-state index in [-0.39, 0.29) is 5.91 Å². The summed E-state index contributed by atoms with van der Waals surface area (Å²) in [5.41, 5.74) is 0.850. The van der Waals surface area contributed by atoms with Gasteiger partial charge in [-0.15, -0.1) is 0 Å². The maximum atomic E-state index is 11.8. The van der Waals surface area contributed by atoms with E-state index in [0.717, 1.165) is 17.9 Å². The number of aliphatic imine (C=N–C) groups is 1. The highest BCUT2D eigenvalue weighted by Crippen LogP contribution is 2.07. The fourth-order valence-electron chi connectivity index (χ4n) is 1.83. The minimum absolute atomic E-state index is 0.170. The van der Waals surface area contributed by atoms with Crippen LogP contribution < -0.4 is 5.32 Å². The number of carbonyl (C=O) groups is 1. The third-order valence-electron chi connectivity index (χ3n) is 2.74. The summed E-state index contributed by atoms with van der Waals surface area (Å²) < 4.78 is 5.13. The van der Waals surface area contributed by atoms with Crippen molar-refractivity contribution in [3.63, 3.8) is 0 Å². The zero-order valence-corrected chi connectivity index (χ0v) is 12.9. The van der Waals surface area contributed by atoms with E-state index in [0.29, 0.717) is 18.8 Å². The molecule has 1 amide bonds. The molecular formula is C14H24N4O2. The van der Waals surface area contributed by atoms with E-state index in [1.54, 1.807) is 6.07 Å². The Bertz CT molecular complexity index is 453. The summed E-state index contributed by atoms with van der Waals surface area (Å²) in [6, 6.07) is 1.78. The van der Waals surface area contributed by atoms with E-state index in [9.17, 15) is 4.79 Å². The zero-order valence-electron chi connectivity index (χ0n) is 12.9. The van der Waals surface area contributed by atoms with E-state index in [2.05, 4.69) is 10.3 Å². The van der Waals surface area contributed by atoms with Gasteiger partial charge in [0.1, 0.15) is 0 Å². The molecule has 1 rings (SSSR count). The second-order valence-corrected chi connectivity index (χ2v) is 5.01. The molecule has 1 N–H and O–H groups in total. The van der Waals surface area contributed by atoms with Gasteiger partial charge < -0.3 is 19.5 Å². The standard InChI is InChI=1S/C14H24N4O2/c1-11-7-10-20-12(11)13(19)15-8-6-9-16-14(17(2)3)18(4)5/h7,10H,6,8-9H2,1-5H3,(H,15,19). The van der Waals surface area contributed by atoms with Gasteiger partial charge in [-0.25, -0.2) is 0 Å². The molecule has 0 spiro atoms. The molecule has 0 aromatic carbocycles. The van der Waals surface area contributed by atoms with Gasteiger partial charge in [0, 0.05) is 46.8 Å². The first kappa shape index (κ1) is 16.1. The maximum Gasteiger partial charge on any atom is 0.287 e. The van der Waals surface area contributed by atoms with Crippen LogP contribution in [0.4, 0.5) is 0 Å². The Morgan fingerprint density at radius 3 is 2.45 bits per heavy atom. The lowest BCUT2D eigenvalue weighted by Gasteiger charge is -2.22. The van der Waals surface area contributed by atoms with E-state index >= 15 is 0 Å². The number of hydrogen-bond donors (Lipinski definition) is 1. The van der Waals surface area contributed by atoms with Crippen LogP contribution in [-0.4, -0.2) is 62.9 Å². The van der Waals surface area contributed by atoms with Crippen LogP contribution in [-0.2, 0) is 0 Å². The molecule has 0 saturated carbocycles. The van der Waals surface area contributed by atoms with Gasteiger partial charge in [-0.05, 0) is 19.4 Å². The first-order chi connectivity index (χ1) is 9.43. The third kappa shape index (κ3) is 4.60. The van der Waals surface area contributed by atoms with Crippen LogP contribution >= 0.6 is 0 Å². The van der Waals surface area contributed by atoms with Crippen LogP contribution in [0, 0.1) is 6.92 Å². The fourth-order valence-corrected chi connectivity index (χ4v) is 1.83.